The standard InChI is InChI=1S/C22H24N2O/c1-23-12-14-24(15-13-23)21-8-10-22(11-9-21)25-17-18-6-7-19-4-2-3-5-20(19)16-18/h2-11,16H,12-15,17H2,1H3. The first-order valence-electron chi connectivity index (χ1n) is 8.92. The van der Waals surface area contributed by atoms with Crippen molar-refractivity contribution < 1.29 is 4.74 Å². The lowest BCUT2D eigenvalue weighted by Crippen LogP contribution is -2.44. The molecule has 0 unspecified atom stereocenters. The number of fused-ring (bicyclic) bond motifs is 1. The fourth-order valence-electron chi connectivity index (χ4n) is 3.31. The third-order valence-corrected chi connectivity index (χ3v) is 4.92. The van der Waals surface area contributed by atoms with Crippen LogP contribution in [-0.2, 0) is 6.61 Å². The van der Waals surface area contributed by atoms with Crippen molar-refractivity contribution >= 4 is 16.5 Å². The monoisotopic (exact) mass is 332 g/mol. The lowest BCUT2D eigenvalue weighted by atomic mass is 10.1. The maximum Gasteiger partial charge on any atom is 0.119 e. The number of hydrogen-bond donors (Lipinski definition) is 0. The van der Waals surface area contributed by atoms with Crippen LogP contribution in [0, 0.1) is 0 Å². The average molecular weight is 332 g/mol. The minimum Gasteiger partial charge on any atom is -0.489 e. The summed E-state index contributed by atoms with van der Waals surface area (Å²) in [6.07, 6.45) is 0. The first-order chi connectivity index (χ1) is 12.3. The lowest BCUT2D eigenvalue weighted by Gasteiger charge is -2.34. The minimum atomic E-state index is 0.596. The van der Waals surface area contributed by atoms with Crippen molar-refractivity contribution in [3.05, 3.63) is 72.3 Å². The second-order valence-electron chi connectivity index (χ2n) is 6.75. The number of ether oxygens (including phenoxy) is 1. The zero-order valence-electron chi connectivity index (χ0n) is 14.7. The molecule has 25 heavy (non-hydrogen) atoms. The average Bonchev–Trinajstić information content (AvgIpc) is 2.67. The molecule has 1 fully saturated rings. The van der Waals surface area contributed by atoms with Gasteiger partial charge in [-0.3, -0.25) is 0 Å². The van der Waals surface area contributed by atoms with Crippen molar-refractivity contribution in [3.63, 3.8) is 0 Å². The molecule has 3 nitrogen and oxygen atoms in total. The first-order valence-corrected chi connectivity index (χ1v) is 8.92. The molecule has 0 saturated carbocycles. The van der Waals surface area contributed by atoms with Gasteiger partial charge in [0.2, 0.25) is 0 Å². The summed E-state index contributed by atoms with van der Waals surface area (Å²) in [5.74, 6) is 0.922. The van der Waals surface area contributed by atoms with Gasteiger partial charge < -0.3 is 14.5 Å². The summed E-state index contributed by atoms with van der Waals surface area (Å²) in [5, 5.41) is 2.52. The molecule has 1 heterocycles. The molecule has 0 amide bonds. The highest BCUT2D eigenvalue weighted by molar-refractivity contribution is 5.82. The third kappa shape index (κ3) is 3.77. The first kappa shape index (κ1) is 16.0. The Morgan fingerprint density at radius 2 is 1.52 bits per heavy atom. The molecule has 0 radical (unpaired) electrons. The van der Waals surface area contributed by atoms with E-state index in [1.54, 1.807) is 0 Å². The molecule has 1 aliphatic rings. The van der Waals surface area contributed by atoms with Crippen LogP contribution in [0.25, 0.3) is 10.8 Å². The molecule has 3 aromatic rings. The van der Waals surface area contributed by atoms with Crippen LogP contribution >= 0.6 is 0 Å². The Morgan fingerprint density at radius 1 is 0.800 bits per heavy atom. The van der Waals surface area contributed by atoms with E-state index in [9.17, 15) is 0 Å². The normalized spacial score (nSPS) is 15.5. The fourth-order valence-corrected chi connectivity index (χ4v) is 3.31. The van der Waals surface area contributed by atoms with Crippen molar-refractivity contribution in [1.29, 1.82) is 0 Å². The molecule has 0 N–H and O–H groups in total. The number of benzene rings is 3. The van der Waals surface area contributed by atoms with E-state index in [1.165, 1.54) is 22.0 Å². The van der Waals surface area contributed by atoms with Crippen molar-refractivity contribution in [3.8, 4) is 5.75 Å². The zero-order chi connectivity index (χ0) is 17.1. The summed E-state index contributed by atoms with van der Waals surface area (Å²) in [4.78, 5) is 4.81. The van der Waals surface area contributed by atoms with E-state index in [4.69, 9.17) is 4.74 Å². The molecule has 3 aromatic carbocycles. The van der Waals surface area contributed by atoms with Crippen molar-refractivity contribution in [2.24, 2.45) is 0 Å². The summed E-state index contributed by atoms with van der Waals surface area (Å²) in [5.41, 5.74) is 2.48. The Kier molecular flexibility index (Phi) is 4.57. The van der Waals surface area contributed by atoms with E-state index in [-0.39, 0.29) is 0 Å². The van der Waals surface area contributed by atoms with E-state index in [0.29, 0.717) is 6.61 Å². The van der Waals surface area contributed by atoms with Gasteiger partial charge in [0, 0.05) is 31.9 Å². The molecule has 1 saturated heterocycles. The van der Waals surface area contributed by atoms with Crippen LogP contribution in [0.2, 0.25) is 0 Å². The van der Waals surface area contributed by atoms with Crippen LogP contribution in [-0.4, -0.2) is 38.1 Å². The molecule has 128 valence electrons. The zero-order valence-corrected chi connectivity index (χ0v) is 14.7. The highest BCUT2D eigenvalue weighted by Crippen LogP contribution is 2.22. The number of piperazine rings is 1. The molecule has 0 bridgehead atoms. The number of anilines is 1. The van der Waals surface area contributed by atoms with Gasteiger partial charge in [-0.25, -0.2) is 0 Å². The van der Waals surface area contributed by atoms with E-state index in [2.05, 4.69) is 83.6 Å². The highest BCUT2D eigenvalue weighted by atomic mass is 16.5. The van der Waals surface area contributed by atoms with E-state index in [1.807, 2.05) is 0 Å². The predicted molar refractivity (Wildman–Crippen MR) is 104 cm³/mol. The number of nitrogens with zero attached hydrogens (tertiary/aromatic N) is 2. The van der Waals surface area contributed by atoms with E-state index in [0.717, 1.165) is 31.9 Å². The van der Waals surface area contributed by atoms with Crippen LogP contribution < -0.4 is 9.64 Å². The minimum absolute atomic E-state index is 0.596. The molecule has 0 spiro atoms. The van der Waals surface area contributed by atoms with Gasteiger partial charge in [0.15, 0.2) is 0 Å². The summed E-state index contributed by atoms with van der Waals surface area (Å²) in [6.45, 7) is 5.03. The predicted octanol–water partition coefficient (Wildman–Crippen LogP) is 4.17. The number of hydrogen-bond acceptors (Lipinski definition) is 3. The molecule has 3 heteroatoms. The van der Waals surface area contributed by atoms with Crippen LogP contribution in [0.1, 0.15) is 5.56 Å². The molecule has 0 aromatic heterocycles. The Hall–Kier alpha value is -2.52. The fraction of sp³-hybridized carbons (Fsp3) is 0.273. The van der Waals surface area contributed by atoms with Crippen LogP contribution in [0.15, 0.2) is 66.7 Å². The Bertz CT molecular complexity index is 836. The summed E-state index contributed by atoms with van der Waals surface area (Å²) in [7, 11) is 2.18. The van der Waals surface area contributed by atoms with Gasteiger partial charge in [-0.2, -0.15) is 0 Å². The van der Waals surface area contributed by atoms with Gasteiger partial charge in [0.05, 0.1) is 0 Å². The summed E-state index contributed by atoms with van der Waals surface area (Å²) < 4.78 is 5.97. The number of likely N-dealkylation sites (N-methyl/N-ethyl adjacent to an activating group) is 1. The molecular weight excluding hydrogens is 308 g/mol. The van der Waals surface area contributed by atoms with E-state index >= 15 is 0 Å². The van der Waals surface area contributed by atoms with Gasteiger partial charge in [0.1, 0.15) is 12.4 Å². The van der Waals surface area contributed by atoms with Gasteiger partial charge in [-0.15, -0.1) is 0 Å². The van der Waals surface area contributed by atoms with Gasteiger partial charge >= 0.3 is 0 Å². The molecule has 4 rings (SSSR count). The second-order valence-corrected chi connectivity index (χ2v) is 6.75. The van der Waals surface area contributed by atoms with Crippen molar-refractivity contribution in [2.75, 3.05) is 38.1 Å². The van der Waals surface area contributed by atoms with Crippen molar-refractivity contribution in [1.82, 2.24) is 4.90 Å². The highest BCUT2D eigenvalue weighted by Gasteiger charge is 2.13. The smallest absolute Gasteiger partial charge is 0.119 e. The summed E-state index contributed by atoms with van der Waals surface area (Å²) >= 11 is 0. The molecular formula is C22H24N2O. The van der Waals surface area contributed by atoms with Crippen molar-refractivity contribution in [2.45, 2.75) is 6.61 Å². The molecule has 0 aliphatic carbocycles. The molecule has 0 atom stereocenters. The van der Waals surface area contributed by atoms with Crippen LogP contribution in [0.3, 0.4) is 0 Å². The topological polar surface area (TPSA) is 15.7 Å². The van der Waals surface area contributed by atoms with Gasteiger partial charge in [0.25, 0.3) is 0 Å². The quantitative estimate of drug-likeness (QED) is 0.713. The van der Waals surface area contributed by atoms with Crippen LogP contribution in [0.5, 0.6) is 5.75 Å². The molecule has 1 aliphatic heterocycles. The van der Waals surface area contributed by atoms with Gasteiger partial charge in [-0.1, -0.05) is 36.4 Å². The largest absolute Gasteiger partial charge is 0.489 e. The Labute approximate surface area is 149 Å². The maximum atomic E-state index is 5.97. The lowest BCUT2D eigenvalue weighted by molar-refractivity contribution is 0.305. The van der Waals surface area contributed by atoms with E-state index < -0.39 is 0 Å². The third-order valence-electron chi connectivity index (χ3n) is 4.92. The Morgan fingerprint density at radius 3 is 2.28 bits per heavy atom. The van der Waals surface area contributed by atoms with Crippen LogP contribution in [0.4, 0.5) is 5.69 Å². The number of rotatable bonds is 4. The maximum absolute atomic E-state index is 5.97. The SMILES string of the molecule is CN1CCN(c2ccc(OCc3ccc4ccccc4c3)cc2)CC1. The summed E-state index contributed by atoms with van der Waals surface area (Å²) in [6, 6.07) is 23.4. The van der Waals surface area contributed by atoms with Gasteiger partial charge in [-0.05, 0) is 53.7 Å². The second kappa shape index (κ2) is 7.16. The Balaban J connectivity index is 1.39.